The van der Waals surface area contributed by atoms with Crippen molar-refractivity contribution in [1.29, 1.82) is 0 Å². The molecule has 0 aliphatic heterocycles. The van der Waals surface area contributed by atoms with Gasteiger partial charge in [-0.1, -0.05) is 6.92 Å². The van der Waals surface area contributed by atoms with E-state index >= 15 is 0 Å². The zero-order valence-electron chi connectivity index (χ0n) is 20.5. The van der Waals surface area contributed by atoms with Crippen LogP contribution in [0.1, 0.15) is 40.3 Å². The summed E-state index contributed by atoms with van der Waals surface area (Å²) in [5.74, 6) is -0.544. The molecular formula is C22H26F3N5O5S. The van der Waals surface area contributed by atoms with E-state index in [4.69, 9.17) is 4.74 Å². The van der Waals surface area contributed by atoms with Crippen LogP contribution in [0.25, 0.3) is 22.6 Å². The fourth-order valence-electron chi connectivity index (χ4n) is 3.57. The molecule has 3 aromatic rings. The van der Waals surface area contributed by atoms with Gasteiger partial charge in [-0.05, 0) is 45.9 Å². The molecule has 0 spiro atoms. The molecule has 196 valence electrons. The number of amides is 1. The number of hydrogen-bond donors (Lipinski definition) is 1. The van der Waals surface area contributed by atoms with Crippen molar-refractivity contribution in [3.8, 4) is 11.5 Å². The number of imidazole rings is 1. The zero-order chi connectivity index (χ0) is 27.2. The van der Waals surface area contributed by atoms with Gasteiger partial charge in [-0.25, -0.2) is 23.2 Å². The van der Waals surface area contributed by atoms with Crippen LogP contribution in [0.2, 0.25) is 0 Å². The van der Waals surface area contributed by atoms with E-state index in [-0.39, 0.29) is 45.6 Å². The van der Waals surface area contributed by atoms with Gasteiger partial charge in [0.15, 0.2) is 15.7 Å². The summed E-state index contributed by atoms with van der Waals surface area (Å²) in [4.78, 5) is 33.3. The lowest BCUT2D eigenvalue weighted by Crippen LogP contribution is -2.28. The number of nitrogens with one attached hydrogen (secondary N) is 1. The lowest BCUT2D eigenvalue weighted by Gasteiger charge is -2.19. The predicted octanol–water partition coefficient (Wildman–Crippen LogP) is 3.98. The third-order valence-electron chi connectivity index (χ3n) is 5.15. The second kappa shape index (κ2) is 9.22. The molecule has 0 saturated heterocycles. The molecule has 0 aromatic carbocycles. The number of sulfone groups is 1. The Bertz CT molecular complexity index is 1500. The van der Waals surface area contributed by atoms with Crippen molar-refractivity contribution in [2.45, 2.75) is 57.8 Å². The molecule has 0 aliphatic carbocycles. The largest absolute Gasteiger partial charge is 0.444 e. The minimum atomic E-state index is -4.81. The van der Waals surface area contributed by atoms with Crippen LogP contribution in [-0.4, -0.2) is 45.0 Å². The first-order valence-corrected chi connectivity index (χ1v) is 12.6. The van der Waals surface area contributed by atoms with Gasteiger partial charge in [0.25, 0.3) is 5.56 Å². The summed E-state index contributed by atoms with van der Waals surface area (Å²) in [7, 11) is -2.51. The van der Waals surface area contributed by atoms with E-state index in [1.807, 2.05) is 0 Å². The van der Waals surface area contributed by atoms with E-state index in [0.29, 0.717) is 4.57 Å². The highest BCUT2D eigenvalue weighted by Gasteiger charge is 2.36. The minimum Gasteiger partial charge on any atom is -0.444 e. The van der Waals surface area contributed by atoms with Gasteiger partial charge in [-0.15, -0.1) is 0 Å². The average molecular weight is 530 g/mol. The summed E-state index contributed by atoms with van der Waals surface area (Å²) in [6.07, 6.45) is -5.66. The number of carbonyl (C=O) groups excluding carboxylic acids is 1. The van der Waals surface area contributed by atoms with Crippen LogP contribution in [0.15, 0.2) is 27.9 Å². The van der Waals surface area contributed by atoms with E-state index in [1.165, 1.54) is 37.6 Å². The van der Waals surface area contributed by atoms with Crippen molar-refractivity contribution >= 4 is 32.8 Å². The molecular weight excluding hydrogens is 503 g/mol. The number of halogens is 3. The monoisotopic (exact) mass is 529 g/mol. The predicted molar refractivity (Wildman–Crippen MR) is 126 cm³/mol. The van der Waals surface area contributed by atoms with Crippen LogP contribution >= 0.6 is 0 Å². The molecule has 0 aliphatic rings. The highest BCUT2D eigenvalue weighted by atomic mass is 32.2. The third-order valence-corrected chi connectivity index (χ3v) is 6.91. The molecule has 0 fully saturated rings. The lowest BCUT2D eigenvalue weighted by molar-refractivity contribution is -0.144. The molecule has 3 heterocycles. The van der Waals surface area contributed by atoms with Crippen molar-refractivity contribution < 1.29 is 31.1 Å². The lowest BCUT2D eigenvalue weighted by atomic mass is 10.2. The van der Waals surface area contributed by atoms with Crippen molar-refractivity contribution in [2.24, 2.45) is 7.05 Å². The Labute approximate surface area is 205 Å². The van der Waals surface area contributed by atoms with Crippen LogP contribution < -0.4 is 10.9 Å². The van der Waals surface area contributed by atoms with Gasteiger partial charge in [0.05, 0.1) is 16.2 Å². The number of pyridine rings is 2. The van der Waals surface area contributed by atoms with E-state index in [0.717, 1.165) is 6.07 Å². The van der Waals surface area contributed by atoms with Gasteiger partial charge >= 0.3 is 12.3 Å². The van der Waals surface area contributed by atoms with E-state index < -0.39 is 39.0 Å². The number of anilines is 1. The van der Waals surface area contributed by atoms with Gasteiger partial charge in [0.2, 0.25) is 0 Å². The molecule has 1 N–H and O–H groups in total. The Kier molecular flexibility index (Phi) is 6.96. The molecule has 36 heavy (non-hydrogen) atoms. The van der Waals surface area contributed by atoms with Crippen molar-refractivity contribution in [3.63, 3.8) is 0 Å². The molecule has 0 unspecified atom stereocenters. The summed E-state index contributed by atoms with van der Waals surface area (Å²) < 4.78 is 73.3. The Balaban J connectivity index is 2.30. The molecule has 0 bridgehead atoms. The Hall–Kier alpha value is -3.42. The number of fused-ring (bicyclic) bond motifs is 1. The summed E-state index contributed by atoms with van der Waals surface area (Å²) in [6, 6.07) is 3.20. The topological polar surface area (TPSA) is 125 Å². The maximum atomic E-state index is 13.6. The Morgan fingerprint density at radius 2 is 1.78 bits per heavy atom. The fraction of sp³-hybridized carbons (Fsp3) is 0.455. The van der Waals surface area contributed by atoms with Gasteiger partial charge in [0.1, 0.15) is 28.3 Å². The van der Waals surface area contributed by atoms with Gasteiger partial charge in [0, 0.05) is 13.6 Å². The number of aromatic nitrogens is 4. The second-order valence-corrected chi connectivity index (χ2v) is 11.1. The van der Waals surface area contributed by atoms with Gasteiger partial charge in [-0.3, -0.25) is 10.1 Å². The maximum absolute atomic E-state index is 13.6. The minimum absolute atomic E-state index is 0.0803. The standard InChI is InChI=1S/C22H26F3N5O5S/c1-7-30-14(22(23,24)25)11-12-17(19(30)31)29(6)18(26-12)16-13(36(33,34)8-2)9-10-15(27-16)28-20(32)35-21(3,4)5/h9-11H,7-8H2,1-6H3,(H,27,28,32). The molecule has 0 saturated carbocycles. The highest BCUT2D eigenvalue weighted by Crippen LogP contribution is 2.33. The van der Waals surface area contributed by atoms with E-state index in [2.05, 4.69) is 15.3 Å². The smallest absolute Gasteiger partial charge is 0.431 e. The Morgan fingerprint density at radius 1 is 1.14 bits per heavy atom. The maximum Gasteiger partial charge on any atom is 0.431 e. The van der Waals surface area contributed by atoms with Gasteiger partial charge in [-0.2, -0.15) is 13.2 Å². The number of ether oxygens (including phenoxy) is 1. The second-order valence-electron chi connectivity index (χ2n) is 8.88. The molecule has 0 radical (unpaired) electrons. The quantitative estimate of drug-likeness (QED) is 0.530. The van der Waals surface area contributed by atoms with Gasteiger partial charge < -0.3 is 13.9 Å². The van der Waals surface area contributed by atoms with Crippen LogP contribution in [-0.2, 0) is 34.3 Å². The number of aryl methyl sites for hydroxylation is 1. The first kappa shape index (κ1) is 27.2. The average Bonchev–Trinajstić information content (AvgIpc) is 3.08. The number of alkyl halides is 3. The molecule has 1 amide bonds. The van der Waals surface area contributed by atoms with E-state index in [9.17, 15) is 31.2 Å². The molecule has 3 aromatic heterocycles. The molecule has 0 atom stereocenters. The van der Waals surface area contributed by atoms with Crippen LogP contribution in [0.3, 0.4) is 0 Å². The third kappa shape index (κ3) is 5.22. The van der Waals surface area contributed by atoms with Crippen LogP contribution in [0.4, 0.5) is 23.8 Å². The molecule has 3 rings (SSSR count). The number of rotatable bonds is 5. The summed E-state index contributed by atoms with van der Waals surface area (Å²) in [6.45, 7) is 7.53. The number of carbonyl (C=O) groups is 1. The first-order valence-electron chi connectivity index (χ1n) is 10.9. The van der Waals surface area contributed by atoms with Crippen LogP contribution in [0, 0.1) is 0 Å². The number of nitrogens with zero attached hydrogens (tertiary/aromatic N) is 4. The number of hydrogen-bond acceptors (Lipinski definition) is 7. The van der Waals surface area contributed by atoms with Crippen molar-refractivity contribution in [3.05, 3.63) is 34.2 Å². The zero-order valence-corrected chi connectivity index (χ0v) is 21.3. The molecule has 14 heteroatoms. The normalized spacial score (nSPS) is 12.7. The molecule has 10 nitrogen and oxygen atoms in total. The summed E-state index contributed by atoms with van der Waals surface area (Å²) in [5, 5.41) is 2.40. The summed E-state index contributed by atoms with van der Waals surface area (Å²) >= 11 is 0. The first-order chi connectivity index (χ1) is 16.5. The van der Waals surface area contributed by atoms with E-state index in [1.54, 1.807) is 20.8 Å². The van der Waals surface area contributed by atoms with Crippen molar-refractivity contribution in [2.75, 3.05) is 11.1 Å². The fourth-order valence-corrected chi connectivity index (χ4v) is 4.59. The van der Waals surface area contributed by atoms with Crippen molar-refractivity contribution in [1.82, 2.24) is 19.1 Å². The van der Waals surface area contributed by atoms with Crippen LogP contribution in [0.5, 0.6) is 0 Å². The highest BCUT2D eigenvalue weighted by molar-refractivity contribution is 7.91. The SMILES string of the molecule is CCn1c(C(F)(F)F)cc2nc(-c3nc(NC(=O)OC(C)(C)C)ccc3S(=O)(=O)CC)n(C)c2c1=O. The summed E-state index contributed by atoms with van der Waals surface area (Å²) in [5.41, 5.74) is -3.60. The Morgan fingerprint density at radius 3 is 2.31 bits per heavy atom.